The number of hydrogen-bond acceptors (Lipinski definition) is 6. The molecule has 0 spiro atoms. The van der Waals surface area contributed by atoms with Crippen LogP contribution in [0, 0.1) is 0 Å². The van der Waals surface area contributed by atoms with E-state index in [0.717, 1.165) is 22.3 Å². The Bertz CT molecular complexity index is 833. The van der Waals surface area contributed by atoms with E-state index in [1.807, 2.05) is 60.9 Å². The van der Waals surface area contributed by atoms with Gasteiger partial charge in [0.15, 0.2) is 6.10 Å². The van der Waals surface area contributed by atoms with Crippen LogP contribution in [0.2, 0.25) is 0 Å². The highest BCUT2D eigenvalue weighted by molar-refractivity contribution is 7.98. The topological polar surface area (TPSA) is 65.0 Å². The van der Waals surface area contributed by atoms with Crippen LogP contribution in [0.25, 0.3) is 0 Å². The fourth-order valence-electron chi connectivity index (χ4n) is 2.39. The molecule has 1 heterocycles. The number of rotatable bonds is 5. The van der Waals surface area contributed by atoms with Gasteiger partial charge in [-0.25, -0.2) is 9.18 Å². The molecule has 0 aromatic heterocycles. The van der Waals surface area contributed by atoms with Crippen molar-refractivity contribution in [3.05, 3.63) is 65.7 Å². The third-order valence-corrected chi connectivity index (χ3v) is 4.77. The van der Waals surface area contributed by atoms with Gasteiger partial charge < -0.3 is 4.74 Å². The monoisotopic (exact) mass is 363 g/mol. The second kappa shape index (κ2) is 6.96. The van der Waals surface area contributed by atoms with Gasteiger partial charge in [-0.2, -0.15) is 8.42 Å². The van der Waals surface area contributed by atoms with Crippen LogP contribution in [-0.4, -0.2) is 33.1 Å². The molecule has 0 fully saturated rings. The van der Waals surface area contributed by atoms with E-state index in [-0.39, 0.29) is 0 Å². The predicted octanol–water partition coefficient (Wildman–Crippen LogP) is 3.23. The average Bonchev–Trinajstić information content (AvgIpc) is 2.97. The molecule has 2 atom stereocenters. The Hall–Kier alpha value is -1.83. The lowest BCUT2D eigenvalue weighted by molar-refractivity contribution is 0.0876. The summed E-state index contributed by atoms with van der Waals surface area (Å²) in [4.78, 5) is 5.44. The van der Waals surface area contributed by atoms with Gasteiger partial charge in [0.2, 0.25) is 12.1 Å². The van der Waals surface area contributed by atoms with Crippen molar-refractivity contribution < 1.29 is 17.3 Å². The van der Waals surface area contributed by atoms with E-state index >= 15 is 0 Å². The van der Waals surface area contributed by atoms with Crippen molar-refractivity contribution in [3.8, 4) is 0 Å². The molecular formula is C17H17NO4S2. The van der Waals surface area contributed by atoms with Gasteiger partial charge in [-0.05, 0) is 36.1 Å². The van der Waals surface area contributed by atoms with Crippen LogP contribution in [0.5, 0.6) is 0 Å². The molecule has 0 amide bonds. The first-order chi connectivity index (χ1) is 11.5. The van der Waals surface area contributed by atoms with E-state index in [9.17, 15) is 8.42 Å². The van der Waals surface area contributed by atoms with Gasteiger partial charge in [-0.15, -0.1) is 11.8 Å². The minimum atomic E-state index is -3.66. The fraction of sp³-hybridized carbons (Fsp3) is 0.235. The summed E-state index contributed by atoms with van der Waals surface area (Å²) in [5.74, 6) is 0.378. The Balaban J connectivity index is 1.92. The van der Waals surface area contributed by atoms with Gasteiger partial charge in [-0.3, -0.25) is 0 Å². The molecule has 3 rings (SSSR count). The number of aliphatic imine (C=N–C) groups is 1. The Morgan fingerprint density at radius 2 is 1.75 bits per heavy atom. The van der Waals surface area contributed by atoms with Gasteiger partial charge in [0, 0.05) is 10.5 Å². The minimum absolute atomic E-state index is 0.378. The first-order valence-electron chi connectivity index (χ1n) is 7.28. The zero-order valence-electron chi connectivity index (χ0n) is 13.2. The molecule has 1 aliphatic heterocycles. The molecule has 0 saturated carbocycles. The minimum Gasteiger partial charge on any atom is -0.464 e. The predicted molar refractivity (Wildman–Crippen MR) is 94.7 cm³/mol. The molecule has 1 aliphatic rings. The van der Waals surface area contributed by atoms with E-state index in [0.29, 0.717) is 5.90 Å². The molecule has 0 bridgehead atoms. The van der Waals surface area contributed by atoms with Gasteiger partial charge >= 0.3 is 0 Å². The van der Waals surface area contributed by atoms with Crippen LogP contribution in [0.15, 0.2) is 64.5 Å². The molecule has 126 valence electrons. The third-order valence-electron chi connectivity index (χ3n) is 3.48. The smallest absolute Gasteiger partial charge is 0.266 e. The van der Waals surface area contributed by atoms with Crippen LogP contribution in [0.1, 0.15) is 17.2 Å². The number of thioether (sulfide) groups is 1. The van der Waals surface area contributed by atoms with Gasteiger partial charge in [0.05, 0.1) is 6.26 Å². The van der Waals surface area contributed by atoms with Crippen molar-refractivity contribution >= 4 is 27.8 Å². The maximum Gasteiger partial charge on any atom is 0.266 e. The largest absolute Gasteiger partial charge is 0.464 e. The van der Waals surface area contributed by atoms with Crippen LogP contribution in [-0.2, 0) is 19.0 Å². The van der Waals surface area contributed by atoms with Crippen LogP contribution < -0.4 is 0 Å². The van der Waals surface area contributed by atoms with E-state index < -0.39 is 22.4 Å². The number of ether oxygens (including phenoxy) is 1. The molecular weight excluding hydrogens is 346 g/mol. The summed E-state index contributed by atoms with van der Waals surface area (Å²) in [5, 5.41) is 0. The van der Waals surface area contributed by atoms with Crippen LogP contribution in [0.4, 0.5) is 0 Å². The molecule has 0 N–H and O–H groups in total. The van der Waals surface area contributed by atoms with Crippen molar-refractivity contribution in [1.29, 1.82) is 0 Å². The zero-order valence-corrected chi connectivity index (χ0v) is 14.9. The van der Waals surface area contributed by atoms with E-state index in [1.165, 1.54) is 0 Å². The molecule has 2 aromatic rings. The highest BCUT2D eigenvalue weighted by atomic mass is 32.2. The summed E-state index contributed by atoms with van der Waals surface area (Å²) >= 11 is 1.63. The second-order valence-electron chi connectivity index (χ2n) is 5.30. The quantitative estimate of drug-likeness (QED) is 0.603. The third kappa shape index (κ3) is 3.98. The lowest BCUT2D eigenvalue weighted by atomic mass is 10.1. The summed E-state index contributed by atoms with van der Waals surface area (Å²) in [7, 11) is -3.66. The molecule has 5 nitrogen and oxygen atoms in total. The first-order valence-corrected chi connectivity index (χ1v) is 10.3. The van der Waals surface area contributed by atoms with Gasteiger partial charge in [-0.1, -0.05) is 30.3 Å². The van der Waals surface area contributed by atoms with Crippen molar-refractivity contribution in [2.24, 2.45) is 4.99 Å². The molecule has 2 aromatic carbocycles. The van der Waals surface area contributed by atoms with Gasteiger partial charge in [0.1, 0.15) is 0 Å². The van der Waals surface area contributed by atoms with E-state index in [4.69, 9.17) is 8.92 Å². The van der Waals surface area contributed by atoms with Crippen LogP contribution >= 0.6 is 11.8 Å². The number of hydrogen-bond donors (Lipinski definition) is 0. The van der Waals surface area contributed by atoms with Crippen molar-refractivity contribution in [2.75, 3.05) is 12.5 Å². The number of nitrogens with zero attached hydrogens (tertiary/aromatic N) is 1. The molecule has 24 heavy (non-hydrogen) atoms. The Morgan fingerprint density at radius 1 is 1.08 bits per heavy atom. The molecule has 0 saturated heterocycles. The maximum atomic E-state index is 11.6. The molecule has 0 aliphatic carbocycles. The summed E-state index contributed by atoms with van der Waals surface area (Å²) in [6, 6.07) is 17.1. The van der Waals surface area contributed by atoms with Crippen molar-refractivity contribution in [2.45, 2.75) is 17.2 Å². The summed E-state index contributed by atoms with van der Waals surface area (Å²) in [6.07, 6.45) is 1.46. The Labute approximate surface area is 145 Å². The first kappa shape index (κ1) is 17.0. The zero-order chi connectivity index (χ0) is 17.2. The molecule has 0 unspecified atom stereocenters. The molecule has 0 radical (unpaired) electrons. The van der Waals surface area contributed by atoms with Gasteiger partial charge in [0.25, 0.3) is 10.1 Å². The Kier molecular flexibility index (Phi) is 4.93. The van der Waals surface area contributed by atoms with Crippen LogP contribution in [0.3, 0.4) is 0 Å². The van der Waals surface area contributed by atoms with Crippen molar-refractivity contribution in [1.82, 2.24) is 0 Å². The molecule has 7 heteroatoms. The lowest BCUT2D eigenvalue weighted by Gasteiger charge is -2.17. The standard InChI is InChI=1S/C17H17NO4S2/c1-23-14-10-8-12(9-11-14)15-17(22-24(2,19)20)18-16(21-15)13-6-4-3-5-7-13/h3-11,15,17H,1-2H3/t15-,17-/m1/s1. The summed E-state index contributed by atoms with van der Waals surface area (Å²) in [5.41, 5.74) is 1.60. The maximum absolute atomic E-state index is 11.6. The van der Waals surface area contributed by atoms with Crippen molar-refractivity contribution in [3.63, 3.8) is 0 Å². The SMILES string of the molecule is CSc1ccc([C@H]2OC(c3ccccc3)=N[C@@H]2OS(C)(=O)=O)cc1. The number of benzene rings is 2. The summed E-state index contributed by atoms with van der Waals surface area (Å²) in [6.45, 7) is 0. The highest BCUT2D eigenvalue weighted by Crippen LogP contribution is 2.33. The summed E-state index contributed by atoms with van der Waals surface area (Å²) < 4.78 is 34.2. The Morgan fingerprint density at radius 3 is 2.33 bits per heavy atom. The fourth-order valence-corrected chi connectivity index (χ4v) is 3.30. The highest BCUT2D eigenvalue weighted by Gasteiger charge is 2.36. The van der Waals surface area contributed by atoms with E-state index in [2.05, 4.69) is 4.99 Å². The average molecular weight is 363 g/mol. The normalized spacial score (nSPS) is 20.5. The lowest BCUT2D eigenvalue weighted by Crippen LogP contribution is -2.21. The second-order valence-corrected chi connectivity index (χ2v) is 7.78. The van der Waals surface area contributed by atoms with E-state index in [1.54, 1.807) is 11.8 Å².